The third-order valence-electron chi connectivity index (χ3n) is 2.98. The van der Waals surface area contributed by atoms with E-state index in [1.165, 1.54) is 12.1 Å². The van der Waals surface area contributed by atoms with E-state index in [9.17, 15) is 30.1 Å². The van der Waals surface area contributed by atoms with E-state index in [4.69, 9.17) is 11.6 Å². The maximum Gasteiger partial charge on any atom is 0.288 e. The van der Waals surface area contributed by atoms with Crippen LogP contribution in [0.5, 0.6) is 5.75 Å². The van der Waals surface area contributed by atoms with Gasteiger partial charge in [0.25, 0.3) is 17.3 Å². The van der Waals surface area contributed by atoms with E-state index >= 15 is 0 Å². The SMILES string of the molecule is O=C(N/N=C/c1ccc(Cl)c([N+](=O)[O-])c1)c1cc([N+](=O)[O-])ccc1O. The van der Waals surface area contributed by atoms with Crippen molar-refractivity contribution in [3.05, 3.63) is 72.8 Å². The van der Waals surface area contributed by atoms with Crippen LogP contribution >= 0.6 is 11.6 Å². The second-order valence-electron chi connectivity index (χ2n) is 4.63. The second-order valence-corrected chi connectivity index (χ2v) is 5.03. The number of hydrazone groups is 1. The molecule has 25 heavy (non-hydrogen) atoms. The lowest BCUT2D eigenvalue weighted by molar-refractivity contribution is -0.385. The van der Waals surface area contributed by atoms with Crippen molar-refractivity contribution in [1.82, 2.24) is 5.43 Å². The Bertz CT molecular complexity index is 899. The number of carbonyl (C=O) groups excluding carboxylic acids is 1. The fraction of sp³-hybridized carbons (Fsp3) is 0. The smallest absolute Gasteiger partial charge is 0.288 e. The van der Waals surface area contributed by atoms with Gasteiger partial charge in [-0.3, -0.25) is 25.0 Å². The van der Waals surface area contributed by atoms with Crippen molar-refractivity contribution in [2.24, 2.45) is 5.10 Å². The van der Waals surface area contributed by atoms with Gasteiger partial charge in [-0.25, -0.2) is 5.43 Å². The zero-order valence-corrected chi connectivity index (χ0v) is 13.0. The molecule has 0 radical (unpaired) electrons. The number of rotatable bonds is 5. The topological polar surface area (TPSA) is 148 Å². The molecule has 10 nitrogen and oxygen atoms in total. The van der Waals surface area contributed by atoms with Crippen LogP contribution in [0.25, 0.3) is 0 Å². The minimum Gasteiger partial charge on any atom is -0.507 e. The fourth-order valence-electron chi connectivity index (χ4n) is 1.80. The van der Waals surface area contributed by atoms with Crippen molar-refractivity contribution in [3.8, 4) is 5.75 Å². The molecule has 0 aliphatic rings. The molecular weight excluding hydrogens is 356 g/mol. The van der Waals surface area contributed by atoms with Gasteiger partial charge >= 0.3 is 0 Å². The van der Waals surface area contributed by atoms with Gasteiger partial charge in [-0.2, -0.15) is 5.10 Å². The minimum atomic E-state index is -0.888. The van der Waals surface area contributed by atoms with Crippen LogP contribution in [-0.2, 0) is 0 Å². The molecule has 128 valence electrons. The standard InChI is InChI=1S/C14H9ClN4O6/c15-11-3-1-8(5-12(11)19(24)25)7-16-17-14(21)10-6-9(18(22)23)2-4-13(10)20/h1-7,20H,(H,17,21)/b16-7+. The normalized spacial score (nSPS) is 10.6. The zero-order valence-electron chi connectivity index (χ0n) is 12.2. The Morgan fingerprint density at radius 1 is 1.16 bits per heavy atom. The summed E-state index contributed by atoms with van der Waals surface area (Å²) in [5.41, 5.74) is 1.31. The van der Waals surface area contributed by atoms with Crippen LogP contribution in [0.4, 0.5) is 11.4 Å². The predicted octanol–water partition coefficient (Wildman–Crippen LogP) is 2.63. The third-order valence-corrected chi connectivity index (χ3v) is 3.30. The number of nitro groups is 2. The summed E-state index contributed by atoms with van der Waals surface area (Å²) < 4.78 is 0. The highest BCUT2D eigenvalue weighted by Gasteiger charge is 2.16. The summed E-state index contributed by atoms with van der Waals surface area (Å²) in [5.74, 6) is -1.35. The molecule has 0 aromatic heterocycles. The van der Waals surface area contributed by atoms with Crippen LogP contribution < -0.4 is 5.43 Å². The van der Waals surface area contributed by atoms with Crippen LogP contribution in [0.15, 0.2) is 41.5 Å². The quantitative estimate of drug-likeness (QED) is 0.473. The molecule has 0 aliphatic carbocycles. The molecule has 2 N–H and O–H groups in total. The van der Waals surface area contributed by atoms with Gasteiger partial charge in [0, 0.05) is 23.8 Å². The van der Waals surface area contributed by atoms with E-state index in [0.717, 1.165) is 30.5 Å². The van der Waals surface area contributed by atoms with E-state index in [0.29, 0.717) is 5.56 Å². The first-order chi connectivity index (χ1) is 11.8. The van der Waals surface area contributed by atoms with Crippen molar-refractivity contribution >= 4 is 35.1 Å². The summed E-state index contributed by atoms with van der Waals surface area (Å²) in [6, 6.07) is 6.85. The lowest BCUT2D eigenvalue weighted by atomic mass is 10.1. The minimum absolute atomic E-state index is 0.0484. The number of nitrogens with zero attached hydrogens (tertiary/aromatic N) is 3. The summed E-state index contributed by atoms with van der Waals surface area (Å²) in [6.07, 6.45) is 1.12. The molecule has 0 aliphatic heterocycles. The van der Waals surface area contributed by atoms with E-state index in [2.05, 4.69) is 10.5 Å². The molecule has 0 saturated heterocycles. The highest BCUT2D eigenvalue weighted by molar-refractivity contribution is 6.32. The second kappa shape index (κ2) is 7.36. The molecule has 2 aromatic rings. The van der Waals surface area contributed by atoms with Crippen LogP contribution in [0.3, 0.4) is 0 Å². The third kappa shape index (κ3) is 4.26. The number of nitro benzene ring substituents is 2. The molecular formula is C14H9ClN4O6. The number of hydrogen-bond donors (Lipinski definition) is 2. The average molecular weight is 365 g/mol. The number of carbonyl (C=O) groups is 1. The first kappa shape index (κ1) is 17.8. The van der Waals surface area contributed by atoms with Crippen molar-refractivity contribution < 1.29 is 19.7 Å². The number of aromatic hydroxyl groups is 1. The Labute approximate surface area is 144 Å². The van der Waals surface area contributed by atoms with Crippen molar-refractivity contribution in [3.63, 3.8) is 0 Å². The Hall–Kier alpha value is -3.53. The van der Waals surface area contributed by atoms with E-state index < -0.39 is 21.5 Å². The number of nitrogens with one attached hydrogen (secondary N) is 1. The van der Waals surface area contributed by atoms with E-state index in [-0.39, 0.29) is 22.0 Å². The van der Waals surface area contributed by atoms with Gasteiger partial charge < -0.3 is 5.11 Å². The summed E-state index contributed by atoms with van der Waals surface area (Å²) in [7, 11) is 0. The summed E-state index contributed by atoms with van der Waals surface area (Å²) in [6.45, 7) is 0. The fourth-order valence-corrected chi connectivity index (χ4v) is 1.98. The number of phenolic OH excluding ortho intramolecular Hbond substituents is 1. The maximum absolute atomic E-state index is 11.9. The van der Waals surface area contributed by atoms with E-state index in [1.54, 1.807) is 0 Å². The van der Waals surface area contributed by atoms with Gasteiger partial charge in [-0.15, -0.1) is 0 Å². The van der Waals surface area contributed by atoms with Gasteiger partial charge in [0.05, 0.1) is 21.6 Å². The molecule has 0 bridgehead atoms. The van der Waals surface area contributed by atoms with Crippen molar-refractivity contribution in [2.45, 2.75) is 0 Å². The van der Waals surface area contributed by atoms with Crippen LogP contribution in [0, 0.1) is 20.2 Å². The number of non-ortho nitro benzene ring substituents is 1. The lowest BCUT2D eigenvalue weighted by Gasteiger charge is -2.03. The molecule has 11 heteroatoms. The van der Waals surface area contributed by atoms with Crippen LogP contribution in [0.2, 0.25) is 5.02 Å². The molecule has 0 saturated carbocycles. The first-order valence-corrected chi connectivity index (χ1v) is 6.92. The Morgan fingerprint density at radius 2 is 1.88 bits per heavy atom. The van der Waals surface area contributed by atoms with Gasteiger partial charge in [0.15, 0.2) is 0 Å². The molecule has 2 aromatic carbocycles. The molecule has 0 unspecified atom stereocenters. The molecule has 2 rings (SSSR count). The highest BCUT2D eigenvalue weighted by Crippen LogP contribution is 2.24. The summed E-state index contributed by atoms with van der Waals surface area (Å²) >= 11 is 5.67. The number of halogens is 1. The van der Waals surface area contributed by atoms with Crippen molar-refractivity contribution in [1.29, 1.82) is 0 Å². The van der Waals surface area contributed by atoms with Crippen LogP contribution in [0.1, 0.15) is 15.9 Å². The van der Waals surface area contributed by atoms with Gasteiger partial charge in [0.2, 0.25) is 0 Å². The number of hydrogen-bond acceptors (Lipinski definition) is 7. The summed E-state index contributed by atoms with van der Waals surface area (Å²) in [4.78, 5) is 32.0. The van der Waals surface area contributed by atoms with Gasteiger partial charge in [-0.1, -0.05) is 17.7 Å². The largest absolute Gasteiger partial charge is 0.507 e. The number of phenols is 1. The Morgan fingerprint density at radius 3 is 2.52 bits per heavy atom. The maximum atomic E-state index is 11.9. The monoisotopic (exact) mass is 364 g/mol. The number of benzene rings is 2. The molecule has 0 atom stereocenters. The van der Waals surface area contributed by atoms with Gasteiger partial charge in [0.1, 0.15) is 10.8 Å². The first-order valence-electron chi connectivity index (χ1n) is 6.54. The van der Waals surface area contributed by atoms with Crippen LogP contribution in [-0.4, -0.2) is 27.1 Å². The average Bonchev–Trinajstić information content (AvgIpc) is 2.56. The zero-order chi connectivity index (χ0) is 18.6. The molecule has 0 heterocycles. The lowest BCUT2D eigenvalue weighted by Crippen LogP contribution is -2.18. The Kier molecular flexibility index (Phi) is 5.25. The number of amides is 1. The van der Waals surface area contributed by atoms with Gasteiger partial charge in [-0.05, 0) is 12.1 Å². The predicted molar refractivity (Wildman–Crippen MR) is 87.9 cm³/mol. The summed E-state index contributed by atoms with van der Waals surface area (Å²) in [5, 5.41) is 34.6. The molecule has 1 amide bonds. The van der Waals surface area contributed by atoms with E-state index in [1.807, 2.05) is 0 Å². The highest BCUT2D eigenvalue weighted by atomic mass is 35.5. The molecule has 0 spiro atoms. The molecule has 0 fully saturated rings. The Balaban J connectivity index is 2.16. The van der Waals surface area contributed by atoms with Crippen molar-refractivity contribution in [2.75, 3.05) is 0 Å².